The summed E-state index contributed by atoms with van der Waals surface area (Å²) in [5.41, 5.74) is 0.331. The van der Waals surface area contributed by atoms with Crippen LogP contribution < -0.4 is 16.0 Å². The summed E-state index contributed by atoms with van der Waals surface area (Å²) in [7, 11) is 0. The molecule has 0 aromatic heterocycles. The molecule has 0 aliphatic carbocycles. The average Bonchev–Trinajstić information content (AvgIpc) is 2.45. The van der Waals surface area contributed by atoms with Crippen LogP contribution in [-0.2, 0) is 4.79 Å². The summed E-state index contributed by atoms with van der Waals surface area (Å²) in [6.07, 6.45) is 1.80. The van der Waals surface area contributed by atoms with Crippen LogP contribution >= 0.6 is 0 Å². The molecule has 7 nitrogen and oxygen atoms in total. The van der Waals surface area contributed by atoms with Crippen molar-refractivity contribution in [3.8, 4) is 0 Å². The predicted molar refractivity (Wildman–Crippen MR) is 80.2 cm³/mol. The number of nitrogens with one attached hydrogen (secondary N) is 3. The van der Waals surface area contributed by atoms with E-state index in [0.717, 1.165) is 19.4 Å². The Morgan fingerprint density at radius 2 is 2.24 bits per heavy atom. The van der Waals surface area contributed by atoms with Gasteiger partial charge in [-0.25, -0.2) is 0 Å². The van der Waals surface area contributed by atoms with Gasteiger partial charge in [-0.3, -0.25) is 14.9 Å². The Morgan fingerprint density at radius 3 is 2.95 bits per heavy atom. The van der Waals surface area contributed by atoms with Crippen LogP contribution in [0.4, 0.5) is 11.4 Å². The molecule has 1 heterocycles. The molecule has 3 N–H and O–H groups in total. The van der Waals surface area contributed by atoms with Gasteiger partial charge in [-0.1, -0.05) is 12.1 Å². The van der Waals surface area contributed by atoms with Crippen LogP contribution in [0.5, 0.6) is 0 Å². The van der Waals surface area contributed by atoms with Gasteiger partial charge in [0.05, 0.1) is 11.5 Å². The molecule has 1 saturated heterocycles. The first-order valence-electron chi connectivity index (χ1n) is 7.06. The average molecular weight is 292 g/mol. The van der Waals surface area contributed by atoms with Crippen molar-refractivity contribution in [1.82, 2.24) is 10.6 Å². The lowest BCUT2D eigenvalue weighted by Gasteiger charge is -2.28. The molecule has 2 unspecified atom stereocenters. The van der Waals surface area contributed by atoms with Crippen molar-refractivity contribution in [2.45, 2.75) is 31.8 Å². The number of anilines is 1. The minimum absolute atomic E-state index is 0.0270. The molecule has 114 valence electrons. The van der Waals surface area contributed by atoms with E-state index in [0.29, 0.717) is 11.7 Å². The number of carbonyl (C=O) groups is 1. The van der Waals surface area contributed by atoms with Crippen LogP contribution in [0.1, 0.15) is 19.8 Å². The molecule has 2 atom stereocenters. The van der Waals surface area contributed by atoms with Crippen molar-refractivity contribution in [2.24, 2.45) is 0 Å². The van der Waals surface area contributed by atoms with E-state index >= 15 is 0 Å². The Hall–Kier alpha value is -2.15. The lowest BCUT2D eigenvalue weighted by atomic mass is 10.0. The molecule has 0 spiro atoms. The second kappa shape index (κ2) is 7.03. The highest BCUT2D eigenvalue weighted by Crippen LogP contribution is 2.22. The van der Waals surface area contributed by atoms with E-state index in [1.54, 1.807) is 18.2 Å². The second-order valence-electron chi connectivity index (χ2n) is 5.27. The summed E-state index contributed by atoms with van der Waals surface area (Å²) in [5.74, 6) is -0.146. The van der Waals surface area contributed by atoms with Crippen LogP contribution in [-0.4, -0.2) is 36.0 Å². The lowest BCUT2D eigenvalue weighted by molar-refractivity contribution is -0.383. The van der Waals surface area contributed by atoms with E-state index in [-0.39, 0.29) is 24.2 Å². The Kier molecular flexibility index (Phi) is 5.10. The van der Waals surface area contributed by atoms with Gasteiger partial charge in [-0.05, 0) is 32.4 Å². The number of rotatable bonds is 5. The summed E-state index contributed by atoms with van der Waals surface area (Å²) in [5, 5.41) is 20.0. The number of nitro groups is 1. The molecule has 7 heteroatoms. The normalized spacial score (nSPS) is 21.6. The van der Waals surface area contributed by atoms with Crippen molar-refractivity contribution in [3.05, 3.63) is 34.4 Å². The Bertz CT molecular complexity index is 521. The predicted octanol–water partition coefficient (Wildman–Crippen LogP) is 1.26. The van der Waals surface area contributed by atoms with Crippen LogP contribution in [0.15, 0.2) is 24.3 Å². The van der Waals surface area contributed by atoms with Gasteiger partial charge in [0.15, 0.2) is 0 Å². The van der Waals surface area contributed by atoms with E-state index < -0.39 is 4.92 Å². The van der Waals surface area contributed by atoms with Crippen LogP contribution in [0.25, 0.3) is 0 Å². The van der Waals surface area contributed by atoms with Gasteiger partial charge in [-0.15, -0.1) is 0 Å². The van der Waals surface area contributed by atoms with Crippen molar-refractivity contribution < 1.29 is 9.72 Å². The standard InChI is InChI=1S/C14H20N4O3/c1-10-8-11(6-7-15-10)17-14(19)9-16-12-4-2-3-5-13(12)18(20)21/h2-5,10-11,15-16H,6-9H2,1H3,(H,17,19). The maximum absolute atomic E-state index is 11.9. The molecule has 0 saturated carbocycles. The van der Waals surface area contributed by atoms with E-state index in [4.69, 9.17) is 0 Å². The zero-order valence-corrected chi connectivity index (χ0v) is 12.0. The number of piperidine rings is 1. The fourth-order valence-electron chi connectivity index (χ4n) is 2.50. The zero-order chi connectivity index (χ0) is 15.2. The maximum Gasteiger partial charge on any atom is 0.292 e. The lowest BCUT2D eigenvalue weighted by Crippen LogP contribution is -2.47. The van der Waals surface area contributed by atoms with Crippen LogP contribution in [0.2, 0.25) is 0 Å². The highest BCUT2D eigenvalue weighted by molar-refractivity contribution is 5.81. The third kappa shape index (κ3) is 4.42. The number of amides is 1. The van der Waals surface area contributed by atoms with Gasteiger partial charge in [0.1, 0.15) is 5.69 Å². The molecule has 1 aromatic carbocycles. The van der Waals surface area contributed by atoms with E-state index in [1.165, 1.54) is 6.07 Å². The number of nitro benzene ring substituents is 1. The van der Waals surface area contributed by atoms with Gasteiger partial charge in [0.2, 0.25) is 5.91 Å². The number of hydrogen-bond donors (Lipinski definition) is 3. The topological polar surface area (TPSA) is 96.3 Å². The Balaban J connectivity index is 1.85. The summed E-state index contributed by atoms with van der Waals surface area (Å²) in [4.78, 5) is 22.3. The molecule has 0 bridgehead atoms. The van der Waals surface area contributed by atoms with Gasteiger partial charge >= 0.3 is 0 Å². The molecular formula is C14H20N4O3. The molecule has 1 fully saturated rings. The fourth-order valence-corrected chi connectivity index (χ4v) is 2.50. The van der Waals surface area contributed by atoms with Crippen molar-refractivity contribution in [3.63, 3.8) is 0 Å². The quantitative estimate of drug-likeness (QED) is 0.561. The summed E-state index contributed by atoms with van der Waals surface area (Å²) >= 11 is 0. The SMILES string of the molecule is CC1CC(NC(=O)CNc2ccccc2[N+](=O)[O-])CCN1. The van der Waals surface area contributed by atoms with Gasteiger partial charge in [0, 0.05) is 18.2 Å². The zero-order valence-electron chi connectivity index (χ0n) is 12.0. The second-order valence-corrected chi connectivity index (χ2v) is 5.27. The monoisotopic (exact) mass is 292 g/mol. The van der Waals surface area contributed by atoms with Crippen molar-refractivity contribution in [2.75, 3.05) is 18.4 Å². The molecule has 1 aliphatic rings. The number of para-hydroxylation sites is 2. The number of nitrogens with zero attached hydrogens (tertiary/aromatic N) is 1. The molecule has 1 aromatic rings. The number of hydrogen-bond acceptors (Lipinski definition) is 5. The minimum atomic E-state index is -0.464. The highest BCUT2D eigenvalue weighted by atomic mass is 16.6. The molecule has 0 radical (unpaired) electrons. The third-order valence-corrected chi connectivity index (χ3v) is 3.53. The van der Waals surface area contributed by atoms with E-state index in [2.05, 4.69) is 22.9 Å². The molecule has 1 amide bonds. The molecule has 21 heavy (non-hydrogen) atoms. The number of carbonyl (C=O) groups excluding carboxylic acids is 1. The maximum atomic E-state index is 11.9. The minimum Gasteiger partial charge on any atom is -0.371 e. The Morgan fingerprint density at radius 1 is 1.48 bits per heavy atom. The Labute approximate surface area is 123 Å². The summed E-state index contributed by atoms with van der Waals surface area (Å²) in [6.45, 7) is 3.01. The van der Waals surface area contributed by atoms with Crippen molar-refractivity contribution >= 4 is 17.3 Å². The van der Waals surface area contributed by atoms with E-state index in [1.807, 2.05) is 0 Å². The highest BCUT2D eigenvalue weighted by Gasteiger charge is 2.20. The van der Waals surface area contributed by atoms with Gasteiger partial charge in [0.25, 0.3) is 5.69 Å². The molecule has 1 aliphatic heterocycles. The van der Waals surface area contributed by atoms with Crippen molar-refractivity contribution in [1.29, 1.82) is 0 Å². The van der Waals surface area contributed by atoms with E-state index in [9.17, 15) is 14.9 Å². The summed E-state index contributed by atoms with van der Waals surface area (Å²) in [6, 6.07) is 6.86. The first kappa shape index (κ1) is 15.2. The first-order valence-corrected chi connectivity index (χ1v) is 7.06. The fraction of sp³-hybridized carbons (Fsp3) is 0.500. The van der Waals surface area contributed by atoms with Gasteiger partial charge < -0.3 is 16.0 Å². The largest absolute Gasteiger partial charge is 0.371 e. The molecule has 2 rings (SSSR count). The molecular weight excluding hydrogens is 272 g/mol. The number of benzene rings is 1. The summed E-state index contributed by atoms with van der Waals surface area (Å²) < 4.78 is 0. The first-order chi connectivity index (χ1) is 10.1. The van der Waals surface area contributed by atoms with Crippen LogP contribution in [0, 0.1) is 10.1 Å². The van der Waals surface area contributed by atoms with Crippen LogP contribution in [0.3, 0.4) is 0 Å². The van der Waals surface area contributed by atoms with Gasteiger partial charge in [-0.2, -0.15) is 0 Å². The smallest absolute Gasteiger partial charge is 0.292 e. The third-order valence-electron chi connectivity index (χ3n) is 3.53.